The Morgan fingerprint density at radius 3 is 2.78 bits per heavy atom. The Morgan fingerprint density at radius 1 is 1.44 bits per heavy atom. The lowest BCUT2D eigenvalue weighted by atomic mass is 10.2. The van der Waals surface area contributed by atoms with Crippen LogP contribution in [0.2, 0.25) is 0 Å². The predicted molar refractivity (Wildman–Crippen MR) is 59.6 cm³/mol. The van der Waals surface area contributed by atoms with Crippen molar-refractivity contribution in [2.75, 3.05) is 0 Å². The Hall–Kier alpha value is -2.24. The average molecular weight is 252 g/mol. The molecule has 0 saturated heterocycles. The first-order valence-corrected chi connectivity index (χ1v) is 5.19. The molecule has 0 unspecified atom stereocenters. The van der Waals surface area contributed by atoms with Gasteiger partial charge in [-0.25, -0.2) is 13.8 Å². The van der Waals surface area contributed by atoms with Gasteiger partial charge in [0.15, 0.2) is 0 Å². The Kier molecular flexibility index (Phi) is 3.10. The van der Waals surface area contributed by atoms with Crippen molar-refractivity contribution in [1.29, 1.82) is 0 Å². The zero-order chi connectivity index (χ0) is 13.3. The maximum Gasteiger partial charge on any atom is 0.309 e. The van der Waals surface area contributed by atoms with Gasteiger partial charge in [0.1, 0.15) is 11.6 Å². The molecular weight excluding hydrogens is 242 g/mol. The highest BCUT2D eigenvalue weighted by Crippen LogP contribution is 2.19. The van der Waals surface area contributed by atoms with Crippen molar-refractivity contribution < 1.29 is 18.7 Å². The molecular formula is C12H10F2N2O2. The largest absolute Gasteiger partial charge is 0.481 e. The van der Waals surface area contributed by atoms with E-state index in [-0.39, 0.29) is 12.1 Å². The standard InChI is InChI=1S/C12H10F2N2O2/c1-7-11(5-12(17)18)16(6-15-7)10-3-2-8(13)4-9(10)14/h2-4,6H,5H2,1H3,(H,17,18). The predicted octanol–water partition coefficient (Wildman–Crippen LogP) is 2.09. The van der Waals surface area contributed by atoms with E-state index in [1.54, 1.807) is 6.92 Å². The number of carbonyl (C=O) groups is 1. The van der Waals surface area contributed by atoms with E-state index in [1.807, 2.05) is 0 Å². The molecule has 0 bridgehead atoms. The van der Waals surface area contributed by atoms with Gasteiger partial charge in [0.2, 0.25) is 0 Å². The maximum absolute atomic E-state index is 13.6. The fourth-order valence-corrected chi connectivity index (χ4v) is 1.70. The van der Waals surface area contributed by atoms with Gasteiger partial charge >= 0.3 is 5.97 Å². The summed E-state index contributed by atoms with van der Waals surface area (Å²) in [6.07, 6.45) is 1.05. The second-order valence-electron chi connectivity index (χ2n) is 3.81. The summed E-state index contributed by atoms with van der Waals surface area (Å²) in [6.45, 7) is 1.64. The van der Waals surface area contributed by atoms with Crippen molar-refractivity contribution in [2.24, 2.45) is 0 Å². The van der Waals surface area contributed by atoms with Crippen LogP contribution >= 0.6 is 0 Å². The van der Waals surface area contributed by atoms with Crippen molar-refractivity contribution in [3.63, 3.8) is 0 Å². The van der Waals surface area contributed by atoms with Crippen LogP contribution in [0.15, 0.2) is 24.5 Å². The first-order chi connectivity index (χ1) is 8.49. The van der Waals surface area contributed by atoms with Crippen LogP contribution in [0.3, 0.4) is 0 Å². The van der Waals surface area contributed by atoms with Gasteiger partial charge < -0.3 is 5.11 Å². The monoisotopic (exact) mass is 252 g/mol. The number of rotatable bonds is 3. The molecule has 0 aliphatic heterocycles. The van der Waals surface area contributed by atoms with E-state index in [0.717, 1.165) is 12.1 Å². The van der Waals surface area contributed by atoms with Crippen molar-refractivity contribution in [2.45, 2.75) is 13.3 Å². The van der Waals surface area contributed by atoms with E-state index in [2.05, 4.69) is 4.98 Å². The van der Waals surface area contributed by atoms with E-state index in [1.165, 1.54) is 17.0 Å². The molecule has 0 radical (unpaired) electrons. The molecule has 0 atom stereocenters. The first-order valence-electron chi connectivity index (χ1n) is 5.19. The molecule has 1 aromatic carbocycles. The normalized spacial score (nSPS) is 10.6. The number of halogens is 2. The van der Waals surface area contributed by atoms with E-state index >= 15 is 0 Å². The summed E-state index contributed by atoms with van der Waals surface area (Å²) in [4.78, 5) is 14.7. The van der Waals surface area contributed by atoms with Gasteiger partial charge in [0, 0.05) is 6.07 Å². The highest BCUT2D eigenvalue weighted by Gasteiger charge is 2.15. The lowest BCUT2D eigenvalue weighted by Crippen LogP contribution is -2.08. The molecule has 1 aromatic heterocycles. The van der Waals surface area contributed by atoms with Gasteiger partial charge in [-0.15, -0.1) is 0 Å². The molecule has 0 spiro atoms. The lowest BCUT2D eigenvalue weighted by Gasteiger charge is -2.08. The minimum absolute atomic E-state index is 0.0771. The molecule has 0 amide bonds. The fourth-order valence-electron chi connectivity index (χ4n) is 1.70. The summed E-state index contributed by atoms with van der Waals surface area (Å²) >= 11 is 0. The number of hydrogen-bond donors (Lipinski definition) is 1. The molecule has 94 valence electrons. The van der Waals surface area contributed by atoms with E-state index in [0.29, 0.717) is 11.4 Å². The zero-order valence-electron chi connectivity index (χ0n) is 9.52. The van der Waals surface area contributed by atoms with E-state index < -0.39 is 17.6 Å². The highest BCUT2D eigenvalue weighted by atomic mass is 19.1. The number of nitrogens with zero attached hydrogens (tertiary/aromatic N) is 2. The fraction of sp³-hybridized carbons (Fsp3) is 0.167. The van der Waals surface area contributed by atoms with Gasteiger partial charge in [-0.05, 0) is 19.1 Å². The van der Waals surface area contributed by atoms with Crippen LogP contribution < -0.4 is 0 Å². The quantitative estimate of drug-likeness (QED) is 0.909. The van der Waals surface area contributed by atoms with Crippen molar-refractivity contribution >= 4 is 5.97 Å². The number of imidazole rings is 1. The molecule has 1 N–H and O–H groups in total. The van der Waals surface area contributed by atoms with Gasteiger partial charge in [0.05, 0.1) is 29.8 Å². The molecule has 0 aliphatic rings. The molecule has 0 aliphatic carbocycles. The number of benzene rings is 1. The third-order valence-electron chi connectivity index (χ3n) is 2.56. The molecule has 0 fully saturated rings. The number of aryl methyl sites for hydroxylation is 1. The summed E-state index contributed by atoms with van der Waals surface area (Å²) in [6, 6.07) is 3.10. The molecule has 0 saturated carbocycles. The first kappa shape index (κ1) is 12.2. The van der Waals surface area contributed by atoms with Crippen molar-refractivity contribution in [3.05, 3.63) is 47.5 Å². The summed E-state index contributed by atoms with van der Waals surface area (Å²) in [5, 5.41) is 8.80. The van der Waals surface area contributed by atoms with E-state index in [4.69, 9.17) is 5.11 Å². The number of carboxylic acid groups (broad SMARTS) is 1. The van der Waals surface area contributed by atoms with Crippen LogP contribution in [0.5, 0.6) is 0 Å². The zero-order valence-corrected chi connectivity index (χ0v) is 9.52. The second kappa shape index (κ2) is 4.56. The number of aliphatic carboxylic acids is 1. The Morgan fingerprint density at radius 2 is 2.17 bits per heavy atom. The minimum atomic E-state index is -1.04. The molecule has 4 nitrogen and oxygen atoms in total. The molecule has 2 aromatic rings. The maximum atomic E-state index is 13.6. The third kappa shape index (κ3) is 2.22. The summed E-state index contributed by atoms with van der Waals surface area (Å²) in [5.41, 5.74) is 0.947. The highest BCUT2D eigenvalue weighted by molar-refractivity contribution is 5.70. The third-order valence-corrected chi connectivity index (χ3v) is 2.56. The molecule has 1 heterocycles. The number of hydrogen-bond acceptors (Lipinski definition) is 2. The van der Waals surface area contributed by atoms with Gasteiger partial charge in [0.25, 0.3) is 0 Å². The van der Waals surface area contributed by atoms with Crippen LogP contribution in [-0.4, -0.2) is 20.6 Å². The summed E-state index contributed by atoms with van der Waals surface area (Å²) in [5.74, 6) is -2.49. The lowest BCUT2D eigenvalue weighted by molar-refractivity contribution is -0.136. The average Bonchev–Trinajstić information content (AvgIpc) is 2.60. The van der Waals surface area contributed by atoms with Crippen LogP contribution in [0.4, 0.5) is 8.78 Å². The molecule has 2 rings (SSSR count). The Bertz CT molecular complexity index is 608. The molecule has 6 heteroatoms. The molecule has 18 heavy (non-hydrogen) atoms. The second-order valence-corrected chi connectivity index (χ2v) is 3.81. The van der Waals surface area contributed by atoms with Gasteiger partial charge in [-0.3, -0.25) is 9.36 Å². The summed E-state index contributed by atoms with van der Waals surface area (Å²) in [7, 11) is 0. The van der Waals surface area contributed by atoms with Crippen LogP contribution in [0, 0.1) is 18.6 Å². The van der Waals surface area contributed by atoms with Crippen LogP contribution in [0.25, 0.3) is 5.69 Å². The Labute approximate surface area is 102 Å². The Balaban J connectivity index is 2.53. The topological polar surface area (TPSA) is 55.1 Å². The van der Waals surface area contributed by atoms with Crippen molar-refractivity contribution in [1.82, 2.24) is 9.55 Å². The minimum Gasteiger partial charge on any atom is -0.481 e. The smallest absolute Gasteiger partial charge is 0.309 e. The van der Waals surface area contributed by atoms with Gasteiger partial charge in [-0.2, -0.15) is 0 Å². The van der Waals surface area contributed by atoms with Crippen LogP contribution in [0.1, 0.15) is 11.4 Å². The van der Waals surface area contributed by atoms with E-state index in [9.17, 15) is 13.6 Å². The van der Waals surface area contributed by atoms with Gasteiger partial charge in [-0.1, -0.05) is 0 Å². The van der Waals surface area contributed by atoms with Crippen molar-refractivity contribution in [3.8, 4) is 5.69 Å². The summed E-state index contributed by atoms with van der Waals surface area (Å²) < 4.78 is 27.8. The SMILES string of the molecule is Cc1ncn(-c2ccc(F)cc2F)c1CC(=O)O. The number of aromatic nitrogens is 2. The van der Waals surface area contributed by atoms with Crippen LogP contribution in [-0.2, 0) is 11.2 Å². The number of carboxylic acids is 1.